The zero-order valence-corrected chi connectivity index (χ0v) is 30.0. The van der Waals surface area contributed by atoms with Crippen LogP contribution in [-0.2, 0) is 16.1 Å². The maximum absolute atomic E-state index is 16.5. The van der Waals surface area contributed by atoms with Crippen molar-refractivity contribution >= 4 is 46.2 Å². The standard InChI is InChI=1S/C37H44ClFN6O5/c1-37(2,3)50-36(48)43-18-16-42(17-19-43)25-9-10-26(30(38)20-25)28-21-27(33(39)29-22-31(49-34(28)29)35(47)41(4)5)24-8-6-13-44(23-24)32(46)11-15-45-14-7-12-40-45/h7,9-10,12,14,20-22,24H,6,8,11,13,15-19,23H2,1-5H3/t24-/m0/s1. The lowest BCUT2D eigenvalue weighted by molar-refractivity contribution is -0.132. The van der Waals surface area contributed by atoms with Crippen molar-refractivity contribution in [2.75, 3.05) is 58.3 Å². The summed E-state index contributed by atoms with van der Waals surface area (Å²) in [6.07, 6.45) is 4.91. The molecule has 4 heterocycles. The predicted molar refractivity (Wildman–Crippen MR) is 190 cm³/mol. The minimum atomic E-state index is -0.563. The van der Waals surface area contributed by atoms with Gasteiger partial charge in [-0.15, -0.1) is 0 Å². The summed E-state index contributed by atoms with van der Waals surface area (Å²) in [6, 6.07) is 10.8. The molecule has 0 N–H and O–H groups in total. The molecule has 0 aliphatic carbocycles. The van der Waals surface area contributed by atoms with Gasteiger partial charge in [0.05, 0.1) is 10.4 Å². The number of carbonyl (C=O) groups is 3. The third kappa shape index (κ3) is 7.60. The molecule has 4 aromatic rings. The van der Waals surface area contributed by atoms with Crippen LogP contribution in [0.15, 0.2) is 53.2 Å². The number of rotatable bonds is 7. The van der Waals surface area contributed by atoms with Crippen molar-refractivity contribution in [1.82, 2.24) is 24.5 Å². The monoisotopic (exact) mass is 706 g/mol. The molecule has 0 bridgehead atoms. The van der Waals surface area contributed by atoms with Gasteiger partial charge in [-0.25, -0.2) is 9.18 Å². The molecule has 1 atom stereocenters. The Hall–Kier alpha value is -4.58. The van der Waals surface area contributed by atoms with Crippen molar-refractivity contribution in [2.45, 2.75) is 58.1 Å². The quantitative estimate of drug-likeness (QED) is 0.212. The van der Waals surface area contributed by atoms with Crippen LogP contribution in [-0.4, -0.2) is 101 Å². The second kappa shape index (κ2) is 14.3. The van der Waals surface area contributed by atoms with Crippen molar-refractivity contribution in [3.05, 3.63) is 71.0 Å². The van der Waals surface area contributed by atoms with Crippen LogP contribution in [0.25, 0.3) is 22.1 Å². The van der Waals surface area contributed by atoms with Gasteiger partial charge in [0.25, 0.3) is 5.91 Å². The van der Waals surface area contributed by atoms with Crippen LogP contribution in [0, 0.1) is 5.82 Å². The highest BCUT2D eigenvalue weighted by Gasteiger charge is 2.31. The lowest BCUT2D eigenvalue weighted by Gasteiger charge is -2.37. The van der Waals surface area contributed by atoms with E-state index in [-0.39, 0.29) is 40.6 Å². The molecule has 2 fully saturated rings. The van der Waals surface area contributed by atoms with E-state index in [1.807, 2.05) is 56.1 Å². The molecule has 11 nitrogen and oxygen atoms in total. The number of halogens is 2. The number of ether oxygens (including phenoxy) is 1. The normalized spacial score (nSPS) is 16.9. The number of benzene rings is 2. The second-order valence-corrected chi connectivity index (χ2v) is 14.6. The summed E-state index contributed by atoms with van der Waals surface area (Å²) in [5.74, 6) is -1.08. The first-order chi connectivity index (χ1) is 23.8. The lowest BCUT2D eigenvalue weighted by Crippen LogP contribution is -2.50. The van der Waals surface area contributed by atoms with Gasteiger partial charge in [0.1, 0.15) is 17.0 Å². The van der Waals surface area contributed by atoms with Crippen LogP contribution in [0.2, 0.25) is 5.02 Å². The van der Waals surface area contributed by atoms with E-state index in [2.05, 4.69) is 10.00 Å². The fourth-order valence-electron chi connectivity index (χ4n) is 6.67. The predicted octanol–water partition coefficient (Wildman–Crippen LogP) is 6.64. The molecule has 6 rings (SSSR count). The van der Waals surface area contributed by atoms with Gasteiger partial charge in [-0.05, 0) is 63.4 Å². The van der Waals surface area contributed by atoms with Gasteiger partial charge in [-0.3, -0.25) is 14.3 Å². The number of furan rings is 1. The van der Waals surface area contributed by atoms with Crippen LogP contribution < -0.4 is 4.90 Å². The third-order valence-electron chi connectivity index (χ3n) is 9.25. The van der Waals surface area contributed by atoms with Crippen LogP contribution >= 0.6 is 11.6 Å². The van der Waals surface area contributed by atoms with Gasteiger partial charge < -0.3 is 28.8 Å². The van der Waals surface area contributed by atoms with Crippen LogP contribution in [0.5, 0.6) is 0 Å². The van der Waals surface area contributed by atoms with Gasteiger partial charge in [-0.1, -0.05) is 17.7 Å². The van der Waals surface area contributed by atoms with Crippen LogP contribution in [0.1, 0.15) is 62.1 Å². The van der Waals surface area contributed by atoms with Gasteiger partial charge in [0, 0.05) is 108 Å². The summed E-state index contributed by atoms with van der Waals surface area (Å²) in [5.41, 5.74) is 2.23. The molecule has 2 aromatic heterocycles. The molecular weight excluding hydrogens is 663 g/mol. The highest BCUT2D eigenvalue weighted by molar-refractivity contribution is 6.34. The average Bonchev–Trinajstić information content (AvgIpc) is 3.78. The minimum absolute atomic E-state index is 0.000326. The Morgan fingerprint density at radius 1 is 1.04 bits per heavy atom. The molecule has 0 spiro atoms. The lowest BCUT2D eigenvalue weighted by atomic mass is 9.87. The molecule has 2 saturated heterocycles. The average molecular weight is 707 g/mol. The highest BCUT2D eigenvalue weighted by Crippen LogP contribution is 2.42. The number of carbonyl (C=O) groups excluding carboxylic acids is 3. The molecule has 0 saturated carbocycles. The maximum Gasteiger partial charge on any atom is 0.410 e. The molecule has 50 heavy (non-hydrogen) atoms. The first-order valence-electron chi connectivity index (χ1n) is 17.0. The van der Waals surface area contributed by atoms with E-state index in [9.17, 15) is 14.4 Å². The van der Waals surface area contributed by atoms with Crippen LogP contribution in [0.3, 0.4) is 0 Å². The first-order valence-corrected chi connectivity index (χ1v) is 17.4. The zero-order chi connectivity index (χ0) is 35.7. The first kappa shape index (κ1) is 35.3. The van der Waals surface area contributed by atoms with E-state index in [0.29, 0.717) is 80.4 Å². The van der Waals surface area contributed by atoms with Crippen molar-refractivity contribution in [1.29, 1.82) is 0 Å². The maximum atomic E-state index is 16.5. The largest absolute Gasteiger partial charge is 0.450 e. The van der Waals surface area contributed by atoms with Crippen LogP contribution in [0.4, 0.5) is 14.9 Å². The minimum Gasteiger partial charge on any atom is -0.450 e. The third-order valence-corrected chi connectivity index (χ3v) is 9.56. The number of hydrogen-bond donors (Lipinski definition) is 0. The number of piperazine rings is 1. The summed E-state index contributed by atoms with van der Waals surface area (Å²) in [4.78, 5) is 45.8. The fraction of sp³-hybridized carbons (Fsp3) is 0.459. The van der Waals surface area contributed by atoms with E-state index in [4.69, 9.17) is 20.8 Å². The van der Waals surface area contributed by atoms with E-state index >= 15 is 4.39 Å². The summed E-state index contributed by atoms with van der Waals surface area (Å²) in [5, 5.41) is 4.82. The number of amides is 3. The van der Waals surface area contributed by atoms with Gasteiger partial charge in [0.15, 0.2) is 5.76 Å². The summed E-state index contributed by atoms with van der Waals surface area (Å²) < 4.78 is 29.8. The SMILES string of the molecule is CN(C)C(=O)c1cc2c(F)c([C@H]3CCCN(C(=O)CCn4cccn4)C3)cc(-c3ccc(N4CCN(C(=O)OC(C)(C)C)CC4)cc3Cl)c2o1. The van der Waals surface area contributed by atoms with Crippen molar-refractivity contribution < 1.29 is 27.9 Å². The van der Waals surface area contributed by atoms with Gasteiger partial charge >= 0.3 is 6.09 Å². The molecule has 0 unspecified atom stereocenters. The molecule has 3 amide bonds. The Morgan fingerprint density at radius 3 is 2.46 bits per heavy atom. The van der Waals surface area contributed by atoms with Crippen molar-refractivity contribution in [3.8, 4) is 11.1 Å². The molecule has 2 aromatic carbocycles. The van der Waals surface area contributed by atoms with Crippen molar-refractivity contribution in [3.63, 3.8) is 0 Å². The number of aryl methyl sites for hydroxylation is 1. The molecule has 13 heteroatoms. The van der Waals surface area contributed by atoms with Gasteiger partial charge in [-0.2, -0.15) is 5.10 Å². The Bertz CT molecular complexity index is 1880. The number of piperidine rings is 1. The van der Waals surface area contributed by atoms with Crippen molar-refractivity contribution in [2.24, 2.45) is 0 Å². The van der Waals surface area contributed by atoms with E-state index in [1.165, 1.54) is 11.0 Å². The second-order valence-electron chi connectivity index (χ2n) is 14.2. The van der Waals surface area contributed by atoms with E-state index < -0.39 is 11.4 Å². The fourth-order valence-corrected chi connectivity index (χ4v) is 6.94. The molecule has 266 valence electrons. The summed E-state index contributed by atoms with van der Waals surface area (Å²) in [6.45, 7) is 9.24. The molecule has 2 aliphatic heterocycles. The Labute approximate surface area is 296 Å². The Morgan fingerprint density at radius 2 is 1.80 bits per heavy atom. The Balaban J connectivity index is 1.29. The number of likely N-dealkylation sites (tertiary alicyclic amines) is 1. The molecule has 0 radical (unpaired) electrons. The number of hydrogen-bond acceptors (Lipinski definition) is 7. The number of anilines is 1. The molecular formula is C37H44ClFN6O5. The van der Waals surface area contributed by atoms with Gasteiger partial charge in [0.2, 0.25) is 5.91 Å². The number of nitrogens with zero attached hydrogens (tertiary/aromatic N) is 6. The Kier molecular flexibility index (Phi) is 10.1. The number of fused-ring (bicyclic) bond motifs is 1. The zero-order valence-electron chi connectivity index (χ0n) is 29.2. The smallest absolute Gasteiger partial charge is 0.410 e. The van der Waals surface area contributed by atoms with E-state index in [1.54, 1.807) is 35.9 Å². The molecule has 2 aliphatic rings. The topological polar surface area (TPSA) is 104 Å². The summed E-state index contributed by atoms with van der Waals surface area (Å²) >= 11 is 6.99. The highest BCUT2D eigenvalue weighted by atomic mass is 35.5. The summed E-state index contributed by atoms with van der Waals surface area (Å²) in [7, 11) is 3.22. The number of aromatic nitrogens is 2. The van der Waals surface area contributed by atoms with E-state index in [0.717, 1.165) is 12.1 Å².